The highest BCUT2D eigenvalue weighted by Gasteiger charge is 2.53. The van der Waals surface area contributed by atoms with Crippen molar-refractivity contribution in [2.75, 3.05) is 11.4 Å². The molecule has 1 saturated carbocycles. The SMILES string of the molecule is CCC(C(=O)O)(N(CC1CC1)c1ccc(C#N)c(C#N)c1)C(C)(C)C. The second-order valence-corrected chi connectivity index (χ2v) is 7.78. The molecule has 1 fully saturated rings. The normalized spacial score (nSPS) is 16.4. The Bertz CT molecular complexity index is 748. The minimum absolute atomic E-state index is 0.282. The van der Waals surface area contributed by atoms with Gasteiger partial charge < -0.3 is 10.0 Å². The Morgan fingerprint density at radius 3 is 2.24 bits per heavy atom. The van der Waals surface area contributed by atoms with E-state index in [9.17, 15) is 15.2 Å². The third-order valence-corrected chi connectivity index (χ3v) is 5.26. The molecule has 0 saturated heterocycles. The van der Waals surface area contributed by atoms with E-state index in [0.29, 0.717) is 30.1 Å². The van der Waals surface area contributed by atoms with Crippen LogP contribution < -0.4 is 4.90 Å². The van der Waals surface area contributed by atoms with Gasteiger partial charge in [0.05, 0.1) is 11.1 Å². The minimum atomic E-state index is -1.09. The number of hydrogen-bond acceptors (Lipinski definition) is 4. The molecule has 1 aromatic rings. The number of benzene rings is 1. The fourth-order valence-corrected chi connectivity index (χ4v) is 3.64. The molecule has 1 aromatic carbocycles. The van der Waals surface area contributed by atoms with Gasteiger partial charge in [-0.05, 0) is 48.8 Å². The average molecular weight is 339 g/mol. The van der Waals surface area contributed by atoms with Crippen LogP contribution in [0.1, 0.15) is 58.1 Å². The molecule has 0 aliphatic heterocycles. The van der Waals surface area contributed by atoms with Crippen molar-refractivity contribution < 1.29 is 9.90 Å². The van der Waals surface area contributed by atoms with E-state index in [4.69, 9.17) is 5.26 Å². The molecule has 1 unspecified atom stereocenters. The number of aliphatic carboxylic acids is 1. The first-order chi connectivity index (χ1) is 11.7. The molecule has 1 aliphatic rings. The van der Waals surface area contributed by atoms with Crippen LogP contribution in [0.25, 0.3) is 0 Å². The van der Waals surface area contributed by atoms with E-state index < -0.39 is 16.9 Å². The first-order valence-corrected chi connectivity index (χ1v) is 8.66. The van der Waals surface area contributed by atoms with Gasteiger partial charge in [-0.15, -0.1) is 0 Å². The number of carbonyl (C=O) groups is 1. The molecule has 0 amide bonds. The van der Waals surface area contributed by atoms with Gasteiger partial charge in [0.15, 0.2) is 0 Å². The summed E-state index contributed by atoms with van der Waals surface area (Å²) in [5, 5.41) is 28.7. The van der Waals surface area contributed by atoms with Crippen molar-refractivity contribution in [1.82, 2.24) is 0 Å². The van der Waals surface area contributed by atoms with E-state index in [1.54, 1.807) is 18.2 Å². The number of nitrogens with zero attached hydrogens (tertiary/aromatic N) is 3. The van der Waals surface area contributed by atoms with Crippen molar-refractivity contribution in [3.8, 4) is 12.1 Å². The van der Waals surface area contributed by atoms with Crippen molar-refractivity contribution in [2.24, 2.45) is 11.3 Å². The molecule has 25 heavy (non-hydrogen) atoms. The highest BCUT2D eigenvalue weighted by atomic mass is 16.4. The summed E-state index contributed by atoms with van der Waals surface area (Å²) < 4.78 is 0. The van der Waals surface area contributed by atoms with Gasteiger partial charge in [0.2, 0.25) is 0 Å². The molecule has 5 heteroatoms. The summed E-state index contributed by atoms with van der Waals surface area (Å²) >= 11 is 0. The van der Waals surface area contributed by atoms with Crippen LogP contribution in [-0.2, 0) is 4.79 Å². The van der Waals surface area contributed by atoms with Crippen LogP contribution in [0.4, 0.5) is 5.69 Å². The lowest BCUT2D eigenvalue weighted by Crippen LogP contribution is -2.63. The fraction of sp³-hybridized carbons (Fsp3) is 0.550. The van der Waals surface area contributed by atoms with Crippen LogP contribution in [0, 0.1) is 34.0 Å². The van der Waals surface area contributed by atoms with Crippen molar-refractivity contribution in [2.45, 2.75) is 52.5 Å². The fourth-order valence-electron chi connectivity index (χ4n) is 3.64. The van der Waals surface area contributed by atoms with Crippen LogP contribution in [0.3, 0.4) is 0 Å². The molecule has 0 bridgehead atoms. The summed E-state index contributed by atoms with van der Waals surface area (Å²) in [6.45, 7) is 8.38. The van der Waals surface area contributed by atoms with Gasteiger partial charge in [-0.1, -0.05) is 27.7 Å². The van der Waals surface area contributed by atoms with E-state index in [0.717, 1.165) is 12.8 Å². The molecule has 132 valence electrons. The molecule has 1 aliphatic carbocycles. The topological polar surface area (TPSA) is 88.1 Å². The maximum Gasteiger partial charge on any atom is 0.330 e. The van der Waals surface area contributed by atoms with Gasteiger partial charge in [-0.3, -0.25) is 0 Å². The lowest BCUT2D eigenvalue weighted by Gasteiger charge is -2.50. The van der Waals surface area contributed by atoms with Crippen molar-refractivity contribution in [1.29, 1.82) is 10.5 Å². The average Bonchev–Trinajstić information content (AvgIpc) is 3.36. The summed E-state index contributed by atoms with van der Waals surface area (Å²) in [6, 6.07) is 9.09. The van der Waals surface area contributed by atoms with Gasteiger partial charge in [0.1, 0.15) is 17.7 Å². The first-order valence-electron chi connectivity index (χ1n) is 8.66. The van der Waals surface area contributed by atoms with Crippen LogP contribution >= 0.6 is 0 Å². The van der Waals surface area contributed by atoms with Crippen molar-refractivity contribution >= 4 is 11.7 Å². The molecule has 5 nitrogen and oxygen atoms in total. The highest BCUT2D eigenvalue weighted by molar-refractivity contribution is 5.85. The number of rotatable bonds is 6. The molecule has 0 spiro atoms. The summed E-state index contributed by atoms with van der Waals surface area (Å²) in [5.74, 6) is -0.375. The number of hydrogen-bond donors (Lipinski definition) is 1. The van der Waals surface area contributed by atoms with Crippen LogP contribution in [0.5, 0.6) is 0 Å². The van der Waals surface area contributed by atoms with Gasteiger partial charge in [0, 0.05) is 12.2 Å². The predicted molar refractivity (Wildman–Crippen MR) is 96.1 cm³/mol. The smallest absolute Gasteiger partial charge is 0.330 e. The Morgan fingerprint density at radius 2 is 1.84 bits per heavy atom. The summed E-state index contributed by atoms with van der Waals surface area (Å²) in [4.78, 5) is 14.4. The van der Waals surface area contributed by atoms with E-state index in [2.05, 4.69) is 6.07 Å². The van der Waals surface area contributed by atoms with Crippen LogP contribution in [0.2, 0.25) is 0 Å². The summed E-state index contributed by atoms with van der Waals surface area (Å²) in [6.07, 6.45) is 2.64. The zero-order valence-corrected chi connectivity index (χ0v) is 15.3. The molecule has 2 rings (SSSR count). The Labute approximate surface area is 149 Å². The second-order valence-electron chi connectivity index (χ2n) is 7.78. The van der Waals surface area contributed by atoms with E-state index in [1.807, 2.05) is 38.7 Å². The minimum Gasteiger partial charge on any atom is -0.479 e. The standard InChI is InChI=1S/C20H25N3O2/c1-5-20(18(24)25,19(2,3)4)23(13-14-6-7-14)17-9-8-15(11-21)16(10-17)12-22/h8-10,14H,5-7,13H2,1-4H3,(H,24,25). The lowest BCUT2D eigenvalue weighted by atomic mass is 9.70. The van der Waals surface area contributed by atoms with Crippen LogP contribution in [0.15, 0.2) is 18.2 Å². The maximum atomic E-state index is 12.4. The van der Waals surface area contributed by atoms with Gasteiger partial charge in [-0.25, -0.2) is 4.79 Å². The Morgan fingerprint density at radius 1 is 1.24 bits per heavy atom. The predicted octanol–water partition coefficient (Wildman–Crippen LogP) is 3.93. The number of anilines is 1. The lowest BCUT2D eigenvalue weighted by molar-refractivity contribution is -0.148. The largest absolute Gasteiger partial charge is 0.479 e. The molecule has 1 N–H and O–H groups in total. The molecule has 1 atom stereocenters. The number of carboxylic acids is 1. The van der Waals surface area contributed by atoms with E-state index in [-0.39, 0.29) is 5.56 Å². The first kappa shape index (κ1) is 18.8. The quantitative estimate of drug-likeness (QED) is 0.848. The van der Waals surface area contributed by atoms with E-state index >= 15 is 0 Å². The Hall–Kier alpha value is -2.53. The molecule has 0 aromatic heterocycles. The van der Waals surface area contributed by atoms with Gasteiger partial charge >= 0.3 is 5.97 Å². The summed E-state index contributed by atoms with van der Waals surface area (Å²) in [5.41, 5.74) is -0.308. The molecular weight excluding hydrogens is 314 g/mol. The Balaban J connectivity index is 2.65. The zero-order chi connectivity index (χ0) is 18.8. The van der Waals surface area contributed by atoms with Crippen LogP contribution in [-0.4, -0.2) is 23.2 Å². The number of carboxylic acid groups (broad SMARTS) is 1. The zero-order valence-electron chi connectivity index (χ0n) is 15.3. The van der Waals surface area contributed by atoms with E-state index in [1.165, 1.54) is 0 Å². The van der Waals surface area contributed by atoms with Gasteiger partial charge in [0.25, 0.3) is 0 Å². The van der Waals surface area contributed by atoms with Crippen molar-refractivity contribution in [3.63, 3.8) is 0 Å². The van der Waals surface area contributed by atoms with Crippen molar-refractivity contribution in [3.05, 3.63) is 29.3 Å². The van der Waals surface area contributed by atoms with Gasteiger partial charge in [-0.2, -0.15) is 10.5 Å². The second kappa shape index (κ2) is 6.76. The monoisotopic (exact) mass is 339 g/mol. The molecule has 0 heterocycles. The highest BCUT2D eigenvalue weighted by Crippen LogP contribution is 2.44. The number of nitriles is 2. The summed E-state index contributed by atoms with van der Waals surface area (Å²) in [7, 11) is 0. The third-order valence-electron chi connectivity index (χ3n) is 5.26. The molecule has 0 radical (unpaired) electrons. The maximum absolute atomic E-state index is 12.4. The molecular formula is C20H25N3O2. The Kier molecular flexibility index (Phi) is 5.09. The third kappa shape index (κ3) is 3.33.